The largest absolute Gasteiger partial charge is 0.489 e. The van der Waals surface area contributed by atoms with Gasteiger partial charge in [-0.15, -0.1) is 0 Å². The van der Waals surface area contributed by atoms with Crippen LogP contribution in [-0.4, -0.2) is 17.2 Å². The predicted octanol–water partition coefficient (Wildman–Crippen LogP) is 2.68. The number of carbonyl (C=O) groups is 1. The third-order valence-corrected chi connectivity index (χ3v) is 2.92. The predicted molar refractivity (Wildman–Crippen MR) is 61.2 cm³/mol. The lowest BCUT2D eigenvalue weighted by Crippen LogP contribution is -2.05. The molecule has 16 heavy (non-hydrogen) atoms. The van der Waals surface area contributed by atoms with E-state index in [0.29, 0.717) is 11.4 Å². The van der Waals surface area contributed by atoms with Gasteiger partial charge >= 0.3 is 5.97 Å². The molecule has 0 bridgehead atoms. The van der Waals surface area contributed by atoms with Crippen molar-refractivity contribution in [2.45, 2.75) is 32.3 Å². The summed E-state index contributed by atoms with van der Waals surface area (Å²) in [7, 11) is 0. The van der Waals surface area contributed by atoms with Gasteiger partial charge in [-0.25, -0.2) is 0 Å². The number of hydrogen-bond donors (Lipinski definition) is 1. The molecule has 0 aromatic heterocycles. The molecular formula is C12H13ClO3. The number of benzene rings is 1. The van der Waals surface area contributed by atoms with E-state index in [0.717, 1.165) is 23.3 Å². The maximum Gasteiger partial charge on any atom is 0.303 e. The molecule has 1 atom stereocenters. The maximum absolute atomic E-state index is 10.5. The monoisotopic (exact) mass is 240 g/mol. The van der Waals surface area contributed by atoms with Gasteiger partial charge in [0.25, 0.3) is 0 Å². The Bertz CT molecular complexity index is 429. The molecule has 1 aliphatic rings. The van der Waals surface area contributed by atoms with Crippen LogP contribution in [0.1, 0.15) is 24.5 Å². The van der Waals surface area contributed by atoms with Crippen LogP contribution >= 0.6 is 11.6 Å². The van der Waals surface area contributed by atoms with Crippen LogP contribution in [0, 0.1) is 0 Å². The second kappa shape index (κ2) is 4.34. The Morgan fingerprint density at radius 2 is 2.38 bits per heavy atom. The number of aliphatic carboxylic acids is 1. The summed E-state index contributed by atoms with van der Waals surface area (Å²) in [5, 5.41) is 9.21. The van der Waals surface area contributed by atoms with E-state index in [1.165, 1.54) is 0 Å². The van der Waals surface area contributed by atoms with Gasteiger partial charge in [-0.1, -0.05) is 17.7 Å². The fourth-order valence-electron chi connectivity index (χ4n) is 1.94. The number of rotatable bonds is 3. The van der Waals surface area contributed by atoms with E-state index in [4.69, 9.17) is 21.4 Å². The molecule has 4 heteroatoms. The van der Waals surface area contributed by atoms with E-state index in [1.54, 1.807) is 6.07 Å². The van der Waals surface area contributed by atoms with Gasteiger partial charge in [0.2, 0.25) is 0 Å². The summed E-state index contributed by atoms with van der Waals surface area (Å²) in [5.74, 6) is -0.0329. The number of aryl methyl sites for hydroxylation is 1. The zero-order valence-electron chi connectivity index (χ0n) is 9.00. The normalized spacial score (nSPS) is 18.0. The first-order valence-electron chi connectivity index (χ1n) is 5.26. The summed E-state index contributed by atoms with van der Waals surface area (Å²) in [5.41, 5.74) is 2.05. The smallest absolute Gasteiger partial charge is 0.303 e. The van der Waals surface area contributed by atoms with Crippen LogP contribution in [0.2, 0.25) is 5.02 Å². The summed E-state index contributed by atoms with van der Waals surface area (Å²) < 4.78 is 5.57. The molecule has 0 radical (unpaired) electrons. The first kappa shape index (κ1) is 11.3. The van der Waals surface area contributed by atoms with Crippen molar-refractivity contribution in [2.75, 3.05) is 0 Å². The average Bonchev–Trinajstić information content (AvgIpc) is 2.56. The molecule has 0 amide bonds. The molecule has 1 aromatic carbocycles. The molecule has 1 aromatic rings. The van der Waals surface area contributed by atoms with Crippen LogP contribution in [0.25, 0.3) is 0 Å². The third-order valence-electron chi connectivity index (χ3n) is 2.63. The molecule has 1 aliphatic heterocycles. The number of carboxylic acids is 1. The fraction of sp³-hybridized carbons (Fsp3) is 0.417. The molecule has 2 rings (SSSR count). The summed E-state index contributed by atoms with van der Waals surface area (Å²) in [4.78, 5) is 10.5. The quantitative estimate of drug-likeness (QED) is 0.884. The molecule has 1 unspecified atom stereocenters. The van der Waals surface area contributed by atoms with E-state index in [9.17, 15) is 4.79 Å². The van der Waals surface area contributed by atoms with Gasteiger partial charge in [0.15, 0.2) is 0 Å². The average molecular weight is 241 g/mol. The molecule has 3 nitrogen and oxygen atoms in total. The van der Waals surface area contributed by atoms with Crippen LogP contribution in [0.4, 0.5) is 0 Å². The zero-order chi connectivity index (χ0) is 11.7. The Labute approximate surface area is 99.0 Å². The summed E-state index contributed by atoms with van der Waals surface area (Å²) in [6.07, 6.45) is 1.64. The lowest BCUT2D eigenvalue weighted by atomic mass is 10.0. The van der Waals surface area contributed by atoms with E-state index >= 15 is 0 Å². The Hall–Kier alpha value is -1.22. The highest BCUT2D eigenvalue weighted by molar-refractivity contribution is 6.32. The topological polar surface area (TPSA) is 46.5 Å². The molecular weight excluding hydrogens is 228 g/mol. The standard InChI is InChI=1S/C12H13ClO3/c1-7-4-9-5-8(2-3-11(14)15)6-10(13)12(9)16-7/h5-7H,2-4H2,1H3,(H,14,15). The summed E-state index contributed by atoms with van der Waals surface area (Å²) >= 11 is 6.08. The van der Waals surface area contributed by atoms with Gasteiger partial charge in [-0.2, -0.15) is 0 Å². The van der Waals surface area contributed by atoms with Crippen LogP contribution < -0.4 is 4.74 Å². The van der Waals surface area contributed by atoms with Gasteiger partial charge < -0.3 is 9.84 Å². The van der Waals surface area contributed by atoms with E-state index < -0.39 is 5.97 Å². The Balaban J connectivity index is 2.21. The minimum atomic E-state index is -0.791. The molecule has 0 spiro atoms. The van der Waals surface area contributed by atoms with Gasteiger partial charge in [0.05, 0.1) is 5.02 Å². The van der Waals surface area contributed by atoms with Crippen molar-refractivity contribution in [2.24, 2.45) is 0 Å². The van der Waals surface area contributed by atoms with Crippen molar-refractivity contribution in [1.82, 2.24) is 0 Å². The number of carboxylic acid groups (broad SMARTS) is 1. The number of fused-ring (bicyclic) bond motifs is 1. The van der Waals surface area contributed by atoms with Crippen molar-refractivity contribution in [3.8, 4) is 5.75 Å². The Morgan fingerprint density at radius 3 is 3.06 bits per heavy atom. The van der Waals surface area contributed by atoms with E-state index in [2.05, 4.69) is 0 Å². The van der Waals surface area contributed by atoms with Crippen LogP contribution in [0.3, 0.4) is 0 Å². The first-order chi connectivity index (χ1) is 7.56. The SMILES string of the molecule is CC1Cc2cc(CCC(=O)O)cc(Cl)c2O1. The lowest BCUT2D eigenvalue weighted by molar-refractivity contribution is -0.136. The molecule has 0 saturated carbocycles. The fourth-order valence-corrected chi connectivity index (χ4v) is 2.25. The minimum absolute atomic E-state index is 0.130. The van der Waals surface area contributed by atoms with Crippen molar-refractivity contribution in [3.63, 3.8) is 0 Å². The van der Waals surface area contributed by atoms with Crippen LogP contribution in [0.5, 0.6) is 5.75 Å². The molecule has 86 valence electrons. The lowest BCUT2D eigenvalue weighted by Gasteiger charge is -2.06. The second-order valence-corrected chi connectivity index (χ2v) is 4.50. The Kier molecular flexibility index (Phi) is 3.06. The second-order valence-electron chi connectivity index (χ2n) is 4.09. The maximum atomic E-state index is 10.5. The van der Waals surface area contributed by atoms with Crippen molar-refractivity contribution < 1.29 is 14.6 Å². The summed E-state index contributed by atoms with van der Waals surface area (Å²) in [6, 6.07) is 3.79. The number of hydrogen-bond acceptors (Lipinski definition) is 2. The minimum Gasteiger partial charge on any atom is -0.489 e. The highest BCUT2D eigenvalue weighted by atomic mass is 35.5. The third kappa shape index (κ3) is 2.30. The first-order valence-corrected chi connectivity index (χ1v) is 5.64. The summed E-state index contributed by atoms with van der Waals surface area (Å²) in [6.45, 7) is 1.99. The number of halogens is 1. The highest BCUT2D eigenvalue weighted by Gasteiger charge is 2.22. The van der Waals surface area contributed by atoms with E-state index in [1.807, 2.05) is 13.0 Å². The van der Waals surface area contributed by atoms with Crippen molar-refractivity contribution in [3.05, 3.63) is 28.3 Å². The molecule has 0 aliphatic carbocycles. The van der Waals surface area contributed by atoms with Gasteiger partial charge in [0, 0.05) is 12.8 Å². The van der Waals surface area contributed by atoms with Crippen LogP contribution in [0.15, 0.2) is 12.1 Å². The molecule has 1 N–H and O–H groups in total. The highest BCUT2D eigenvalue weighted by Crippen LogP contribution is 2.37. The zero-order valence-corrected chi connectivity index (χ0v) is 9.75. The van der Waals surface area contributed by atoms with Gasteiger partial charge in [0.1, 0.15) is 11.9 Å². The van der Waals surface area contributed by atoms with Gasteiger partial charge in [-0.05, 0) is 30.5 Å². The molecule has 0 fully saturated rings. The van der Waals surface area contributed by atoms with Crippen molar-refractivity contribution in [1.29, 1.82) is 0 Å². The van der Waals surface area contributed by atoms with E-state index in [-0.39, 0.29) is 12.5 Å². The Morgan fingerprint density at radius 1 is 1.62 bits per heavy atom. The van der Waals surface area contributed by atoms with Crippen molar-refractivity contribution >= 4 is 17.6 Å². The van der Waals surface area contributed by atoms with Crippen LogP contribution in [-0.2, 0) is 17.6 Å². The number of ether oxygens (including phenoxy) is 1. The molecule has 1 heterocycles. The molecule has 0 saturated heterocycles. The van der Waals surface area contributed by atoms with Gasteiger partial charge in [-0.3, -0.25) is 4.79 Å².